The zero-order chi connectivity index (χ0) is 17.2. The van der Waals surface area contributed by atoms with Crippen molar-refractivity contribution < 1.29 is 0 Å². The fourth-order valence-corrected chi connectivity index (χ4v) is 4.32. The van der Waals surface area contributed by atoms with Crippen LogP contribution in [0.4, 0.5) is 0 Å². The lowest BCUT2D eigenvalue weighted by Crippen LogP contribution is -2.34. The van der Waals surface area contributed by atoms with Crippen molar-refractivity contribution in [1.29, 1.82) is 0 Å². The highest BCUT2D eigenvalue weighted by Crippen LogP contribution is 2.28. The first kappa shape index (κ1) is 16.8. The van der Waals surface area contributed by atoms with Crippen LogP contribution in [-0.2, 0) is 6.54 Å². The number of thiocarbonyl (C=S) groups is 1. The van der Waals surface area contributed by atoms with Crippen LogP contribution in [0.15, 0.2) is 59.2 Å². The van der Waals surface area contributed by atoms with Gasteiger partial charge in [0.2, 0.25) is 0 Å². The van der Waals surface area contributed by atoms with Crippen molar-refractivity contribution in [3.05, 3.63) is 70.3 Å². The Balaban J connectivity index is 1.75. The van der Waals surface area contributed by atoms with E-state index in [4.69, 9.17) is 12.2 Å². The summed E-state index contributed by atoms with van der Waals surface area (Å²) in [7, 11) is 0. The van der Waals surface area contributed by atoms with Crippen molar-refractivity contribution in [2.45, 2.75) is 25.8 Å². The molecule has 1 aromatic heterocycles. The van der Waals surface area contributed by atoms with Gasteiger partial charge in [-0.3, -0.25) is 0 Å². The molecular weight excluding hydrogens is 392 g/mol. The first-order valence-electron chi connectivity index (χ1n) is 8.84. The highest BCUT2D eigenvalue weighted by atomic mass is 79.9. The van der Waals surface area contributed by atoms with Crippen LogP contribution in [0.1, 0.15) is 30.4 Å². The van der Waals surface area contributed by atoms with E-state index in [1.165, 1.54) is 41.3 Å². The van der Waals surface area contributed by atoms with Crippen LogP contribution in [0.5, 0.6) is 0 Å². The van der Waals surface area contributed by atoms with Crippen LogP contribution in [-0.4, -0.2) is 27.5 Å². The zero-order valence-electron chi connectivity index (χ0n) is 14.1. The van der Waals surface area contributed by atoms with Gasteiger partial charge in [-0.25, -0.2) is 0 Å². The molecule has 0 atom stereocenters. The van der Waals surface area contributed by atoms with E-state index in [-0.39, 0.29) is 0 Å². The van der Waals surface area contributed by atoms with E-state index in [1.807, 2.05) is 0 Å². The number of nitrogens with zero attached hydrogens (tertiary/aromatic N) is 2. The Morgan fingerprint density at radius 3 is 2.52 bits per heavy atom. The maximum absolute atomic E-state index is 5.89. The molecule has 0 bridgehead atoms. The lowest BCUT2D eigenvalue weighted by Gasteiger charge is -2.29. The van der Waals surface area contributed by atoms with Crippen molar-refractivity contribution in [3.63, 3.8) is 0 Å². The molecule has 1 fully saturated rings. The average Bonchev–Trinajstić information content (AvgIpc) is 3.00. The van der Waals surface area contributed by atoms with Crippen LogP contribution < -0.4 is 0 Å². The largest absolute Gasteiger partial charge is 0.362 e. The second-order valence-corrected chi connectivity index (χ2v) is 7.97. The summed E-state index contributed by atoms with van der Waals surface area (Å²) >= 11 is 9.51. The molecule has 0 saturated carbocycles. The standard InChI is InChI=1S/C21H21BrN2S/c22-17-9-10-20-18(13-17)19(21(25)23-11-5-2-6-12-23)15-24(20)14-16-7-3-1-4-8-16/h1,3-4,7-10,13,15H,2,5-6,11-12,14H2. The minimum absolute atomic E-state index is 0.863. The molecule has 0 radical (unpaired) electrons. The van der Waals surface area contributed by atoms with Gasteiger partial charge < -0.3 is 9.47 Å². The summed E-state index contributed by atoms with van der Waals surface area (Å²) in [5, 5.41) is 1.24. The number of halogens is 1. The lowest BCUT2D eigenvalue weighted by molar-refractivity contribution is 0.348. The van der Waals surface area contributed by atoms with Gasteiger partial charge in [0.25, 0.3) is 0 Å². The Bertz CT molecular complexity index is 895. The fraction of sp³-hybridized carbons (Fsp3) is 0.286. The molecule has 2 nitrogen and oxygen atoms in total. The Kier molecular flexibility index (Phi) is 4.91. The Morgan fingerprint density at radius 2 is 1.76 bits per heavy atom. The van der Waals surface area contributed by atoms with Gasteiger partial charge in [0.05, 0.1) is 0 Å². The van der Waals surface area contributed by atoms with Crippen molar-refractivity contribution in [3.8, 4) is 0 Å². The van der Waals surface area contributed by atoms with Crippen molar-refractivity contribution in [1.82, 2.24) is 9.47 Å². The summed E-state index contributed by atoms with van der Waals surface area (Å²) in [6.07, 6.45) is 6.04. The minimum Gasteiger partial charge on any atom is -0.362 e. The number of hydrogen-bond acceptors (Lipinski definition) is 1. The number of likely N-dealkylation sites (tertiary alicyclic amines) is 1. The van der Waals surface area contributed by atoms with Gasteiger partial charge in [0.1, 0.15) is 4.99 Å². The Hall–Kier alpha value is -1.65. The van der Waals surface area contributed by atoms with Gasteiger partial charge in [-0.15, -0.1) is 0 Å². The molecule has 0 N–H and O–H groups in total. The second-order valence-electron chi connectivity index (χ2n) is 6.67. The topological polar surface area (TPSA) is 8.17 Å². The first-order chi connectivity index (χ1) is 12.2. The summed E-state index contributed by atoms with van der Waals surface area (Å²) in [5.74, 6) is 0. The summed E-state index contributed by atoms with van der Waals surface area (Å²) in [6, 6.07) is 17.1. The Morgan fingerprint density at radius 1 is 1.00 bits per heavy atom. The molecule has 4 heteroatoms. The van der Waals surface area contributed by atoms with Gasteiger partial charge in [-0.2, -0.15) is 0 Å². The average molecular weight is 413 g/mol. The van der Waals surface area contributed by atoms with Gasteiger partial charge >= 0.3 is 0 Å². The molecule has 1 aliphatic rings. The summed E-state index contributed by atoms with van der Waals surface area (Å²) in [4.78, 5) is 3.37. The van der Waals surface area contributed by atoms with Gasteiger partial charge in [0, 0.05) is 46.8 Å². The van der Waals surface area contributed by atoms with Crippen LogP contribution in [0.25, 0.3) is 10.9 Å². The summed E-state index contributed by atoms with van der Waals surface area (Å²) in [5.41, 5.74) is 3.73. The molecule has 0 aliphatic carbocycles. The predicted octanol–water partition coefficient (Wildman–Crippen LogP) is 5.61. The maximum Gasteiger partial charge on any atom is 0.111 e. The smallest absolute Gasteiger partial charge is 0.111 e. The second kappa shape index (κ2) is 7.30. The predicted molar refractivity (Wildman–Crippen MR) is 112 cm³/mol. The van der Waals surface area contributed by atoms with E-state index in [0.717, 1.165) is 29.1 Å². The third-order valence-electron chi connectivity index (χ3n) is 4.91. The summed E-state index contributed by atoms with van der Waals surface area (Å²) < 4.78 is 3.42. The molecule has 0 spiro atoms. The van der Waals surface area contributed by atoms with Crippen LogP contribution >= 0.6 is 28.1 Å². The number of fused-ring (bicyclic) bond motifs is 1. The van der Waals surface area contributed by atoms with E-state index in [0.29, 0.717) is 0 Å². The SMILES string of the molecule is S=C(c1cn(Cc2ccccc2)c2ccc(Br)cc12)N1CCCCC1. The van der Waals surface area contributed by atoms with Crippen molar-refractivity contribution in [2.75, 3.05) is 13.1 Å². The van der Waals surface area contributed by atoms with Gasteiger partial charge in [0.15, 0.2) is 0 Å². The summed E-state index contributed by atoms with van der Waals surface area (Å²) in [6.45, 7) is 3.03. The molecule has 128 valence electrons. The highest BCUT2D eigenvalue weighted by Gasteiger charge is 2.19. The molecule has 2 heterocycles. The normalized spacial score (nSPS) is 14.8. The molecule has 1 saturated heterocycles. The van der Waals surface area contributed by atoms with Gasteiger partial charge in [-0.05, 0) is 43.0 Å². The van der Waals surface area contributed by atoms with Gasteiger partial charge in [-0.1, -0.05) is 58.5 Å². The molecule has 4 rings (SSSR count). The number of benzene rings is 2. The molecular formula is C21H21BrN2S. The van der Waals surface area contributed by atoms with E-state index in [9.17, 15) is 0 Å². The van der Waals surface area contributed by atoms with E-state index in [2.05, 4.69) is 80.1 Å². The number of hydrogen-bond donors (Lipinski definition) is 0. The molecule has 2 aromatic carbocycles. The zero-order valence-corrected chi connectivity index (χ0v) is 16.5. The monoisotopic (exact) mass is 412 g/mol. The van der Waals surface area contributed by atoms with Crippen LogP contribution in [0, 0.1) is 0 Å². The first-order valence-corrected chi connectivity index (χ1v) is 10.0. The molecule has 3 aromatic rings. The van der Waals surface area contributed by atoms with Crippen LogP contribution in [0.3, 0.4) is 0 Å². The molecule has 0 amide bonds. The lowest BCUT2D eigenvalue weighted by atomic mass is 10.1. The number of aromatic nitrogens is 1. The minimum atomic E-state index is 0.863. The quantitative estimate of drug-likeness (QED) is 0.516. The van der Waals surface area contributed by atoms with E-state index >= 15 is 0 Å². The van der Waals surface area contributed by atoms with Crippen molar-refractivity contribution >= 4 is 44.0 Å². The van der Waals surface area contributed by atoms with Crippen LogP contribution in [0.2, 0.25) is 0 Å². The maximum atomic E-state index is 5.89. The molecule has 25 heavy (non-hydrogen) atoms. The molecule has 0 unspecified atom stereocenters. The highest BCUT2D eigenvalue weighted by molar-refractivity contribution is 9.10. The van der Waals surface area contributed by atoms with E-state index < -0.39 is 0 Å². The third kappa shape index (κ3) is 3.51. The third-order valence-corrected chi connectivity index (χ3v) is 5.88. The van der Waals surface area contributed by atoms with E-state index in [1.54, 1.807) is 0 Å². The Labute approximate surface area is 162 Å². The molecule has 1 aliphatic heterocycles. The van der Waals surface area contributed by atoms with Crippen molar-refractivity contribution in [2.24, 2.45) is 0 Å². The number of rotatable bonds is 3. The number of piperidine rings is 1. The fourth-order valence-electron chi connectivity index (χ4n) is 3.62.